The third kappa shape index (κ3) is 2.53. The quantitative estimate of drug-likeness (QED) is 0.854. The van der Waals surface area contributed by atoms with E-state index in [1.807, 2.05) is 0 Å². The molecule has 22 heavy (non-hydrogen) atoms. The molecule has 0 unspecified atom stereocenters. The van der Waals surface area contributed by atoms with Crippen molar-refractivity contribution >= 4 is 33.0 Å². The normalized spacial score (nSPS) is 14.7. The van der Waals surface area contributed by atoms with Crippen molar-refractivity contribution in [2.24, 2.45) is 0 Å². The number of rotatable bonds is 2. The Hall–Kier alpha value is -1.79. The van der Waals surface area contributed by atoms with Crippen LogP contribution in [0.15, 0.2) is 41.3 Å². The van der Waals surface area contributed by atoms with Gasteiger partial charge in [-0.25, -0.2) is 12.8 Å². The maximum atomic E-state index is 13.3. The summed E-state index contributed by atoms with van der Waals surface area (Å²) in [6.07, 6.45) is 1.29. The zero-order chi connectivity index (χ0) is 15.9. The van der Waals surface area contributed by atoms with Crippen LogP contribution < -0.4 is 10.0 Å². The van der Waals surface area contributed by atoms with E-state index in [1.165, 1.54) is 40.7 Å². The largest absolute Gasteiger partial charge is 0.397 e. The number of nitrogens with two attached hydrogens (primary N) is 1. The van der Waals surface area contributed by atoms with Crippen LogP contribution in [0.25, 0.3) is 0 Å². The number of benzene rings is 2. The zero-order valence-electron chi connectivity index (χ0n) is 11.6. The number of nitrogens with zero attached hydrogens (tertiary/aromatic N) is 1. The highest BCUT2D eigenvalue weighted by Crippen LogP contribution is 2.33. The van der Waals surface area contributed by atoms with Crippen LogP contribution in [0.1, 0.15) is 12.0 Å². The Labute approximate surface area is 133 Å². The first kappa shape index (κ1) is 15.1. The second-order valence-corrected chi connectivity index (χ2v) is 7.41. The van der Waals surface area contributed by atoms with E-state index in [2.05, 4.69) is 0 Å². The number of halogens is 2. The summed E-state index contributed by atoms with van der Waals surface area (Å²) >= 11 is 5.84. The fourth-order valence-electron chi connectivity index (χ4n) is 2.59. The molecule has 116 valence electrons. The second-order valence-electron chi connectivity index (χ2n) is 5.14. The molecule has 0 spiro atoms. The van der Waals surface area contributed by atoms with Crippen LogP contribution in [0.5, 0.6) is 0 Å². The third-order valence-corrected chi connectivity index (χ3v) is 5.83. The molecule has 0 atom stereocenters. The predicted molar refractivity (Wildman–Crippen MR) is 85.1 cm³/mol. The fourth-order valence-corrected chi connectivity index (χ4v) is 4.28. The SMILES string of the molecule is Nc1cc(S(=O)(=O)N2CCCc3cc(F)ccc32)ccc1Cl. The maximum absolute atomic E-state index is 13.3. The van der Waals surface area contributed by atoms with Gasteiger partial charge >= 0.3 is 0 Å². The summed E-state index contributed by atoms with van der Waals surface area (Å²) in [5.41, 5.74) is 7.11. The minimum absolute atomic E-state index is 0.0755. The van der Waals surface area contributed by atoms with Crippen molar-refractivity contribution < 1.29 is 12.8 Å². The Morgan fingerprint density at radius 1 is 1.18 bits per heavy atom. The molecule has 2 N–H and O–H groups in total. The van der Waals surface area contributed by atoms with E-state index in [9.17, 15) is 12.8 Å². The smallest absolute Gasteiger partial charge is 0.264 e. The van der Waals surface area contributed by atoms with Crippen molar-refractivity contribution in [2.75, 3.05) is 16.6 Å². The Morgan fingerprint density at radius 2 is 1.95 bits per heavy atom. The van der Waals surface area contributed by atoms with Gasteiger partial charge in [-0.3, -0.25) is 4.31 Å². The van der Waals surface area contributed by atoms with Gasteiger partial charge in [-0.15, -0.1) is 0 Å². The number of nitrogen functional groups attached to an aromatic ring is 1. The number of fused-ring (bicyclic) bond motifs is 1. The molecule has 0 saturated carbocycles. The summed E-state index contributed by atoms with van der Waals surface area (Å²) in [6, 6.07) is 8.37. The molecule has 3 rings (SSSR count). The van der Waals surface area contributed by atoms with E-state index >= 15 is 0 Å². The lowest BCUT2D eigenvalue weighted by atomic mass is 10.0. The molecule has 0 saturated heterocycles. The average Bonchev–Trinajstić information content (AvgIpc) is 2.49. The van der Waals surface area contributed by atoms with E-state index in [4.69, 9.17) is 17.3 Å². The average molecular weight is 341 g/mol. The molecule has 1 aliphatic rings. The highest BCUT2D eigenvalue weighted by atomic mass is 35.5. The molecule has 0 fully saturated rings. The van der Waals surface area contributed by atoms with Gasteiger partial charge in [0.1, 0.15) is 5.82 Å². The topological polar surface area (TPSA) is 63.4 Å². The monoisotopic (exact) mass is 340 g/mol. The van der Waals surface area contributed by atoms with Crippen LogP contribution >= 0.6 is 11.6 Å². The minimum atomic E-state index is -3.76. The number of anilines is 2. The lowest BCUT2D eigenvalue weighted by Crippen LogP contribution is -2.35. The van der Waals surface area contributed by atoms with E-state index in [0.717, 1.165) is 0 Å². The van der Waals surface area contributed by atoms with Gasteiger partial charge in [-0.2, -0.15) is 0 Å². The first-order valence-electron chi connectivity index (χ1n) is 6.76. The summed E-state index contributed by atoms with van der Waals surface area (Å²) in [5.74, 6) is -0.367. The first-order chi connectivity index (χ1) is 10.4. The van der Waals surface area contributed by atoms with E-state index in [-0.39, 0.29) is 16.4 Å². The fraction of sp³-hybridized carbons (Fsp3) is 0.200. The van der Waals surface area contributed by atoms with Gasteiger partial charge in [0.2, 0.25) is 0 Å². The Kier molecular flexibility index (Phi) is 3.74. The summed E-state index contributed by atoms with van der Waals surface area (Å²) in [5, 5.41) is 0.306. The van der Waals surface area contributed by atoms with Crippen LogP contribution in [-0.4, -0.2) is 15.0 Å². The van der Waals surface area contributed by atoms with Crippen LogP contribution in [0.3, 0.4) is 0 Å². The van der Waals surface area contributed by atoms with Crippen LogP contribution in [-0.2, 0) is 16.4 Å². The van der Waals surface area contributed by atoms with E-state index in [0.29, 0.717) is 35.7 Å². The Balaban J connectivity index is 2.09. The molecule has 0 aromatic heterocycles. The number of hydrogen-bond donors (Lipinski definition) is 1. The highest BCUT2D eigenvalue weighted by Gasteiger charge is 2.29. The van der Waals surface area contributed by atoms with Crippen molar-refractivity contribution in [2.45, 2.75) is 17.7 Å². The van der Waals surface area contributed by atoms with Gasteiger partial charge in [0.25, 0.3) is 10.0 Å². The molecule has 0 aliphatic carbocycles. The standard InChI is InChI=1S/C15H14ClFN2O2S/c16-13-5-4-12(9-14(13)18)22(20,21)19-7-1-2-10-8-11(17)3-6-15(10)19/h3-6,8-9H,1-2,7,18H2. The molecule has 4 nitrogen and oxygen atoms in total. The van der Waals surface area contributed by atoms with Crippen molar-refractivity contribution in [3.8, 4) is 0 Å². The van der Waals surface area contributed by atoms with Crippen molar-refractivity contribution in [1.29, 1.82) is 0 Å². The summed E-state index contributed by atoms with van der Waals surface area (Å²) < 4.78 is 40.3. The molecule has 2 aromatic carbocycles. The van der Waals surface area contributed by atoms with Gasteiger partial charge in [-0.1, -0.05) is 11.6 Å². The van der Waals surface area contributed by atoms with E-state index < -0.39 is 10.0 Å². The first-order valence-corrected chi connectivity index (χ1v) is 8.57. The third-order valence-electron chi connectivity index (χ3n) is 3.67. The maximum Gasteiger partial charge on any atom is 0.264 e. The van der Waals surface area contributed by atoms with Crippen molar-refractivity contribution in [1.82, 2.24) is 0 Å². The molecule has 0 bridgehead atoms. The van der Waals surface area contributed by atoms with Crippen molar-refractivity contribution in [3.05, 3.63) is 52.8 Å². The van der Waals surface area contributed by atoms with Gasteiger partial charge in [0.15, 0.2) is 0 Å². The van der Waals surface area contributed by atoms with Gasteiger partial charge < -0.3 is 5.73 Å². The Morgan fingerprint density at radius 3 is 2.68 bits per heavy atom. The molecular weight excluding hydrogens is 327 g/mol. The lowest BCUT2D eigenvalue weighted by Gasteiger charge is -2.30. The van der Waals surface area contributed by atoms with Crippen LogP contribution in [0.4, 0.5) is 15.8 Å². The summed E-state index contributed by atoms with van der Waals surface area (Å²) in [6.45, 7) is 0.351. The number of sulfonamides is 1. The summed E-state index contributed by atoms with van der Waals surface area (Å²) in [4.78, 5) is 0.0755. The number of aryl methyl sites for hydroxylation is 1. The molecule has 0 radical (unpaired) electrons. The van der Waals surface area contributed by atoms with Crippen molar-refractivity contribution in [3.63, 3.8) is 0 Å². The molecule has 1 heterocycles. The van der Waals surface area contributed by atoms with Crippen LogP contribution in [0.2, 0.25) is 5.02 Å². The van der Waals surface area contributed by atoms with Gasteiger partial charge in [0, 0.05) is 6.54 Å². The minimum Gasteiger partial charge on any atom is -0.397 e. The number of hydrogen-bond acceptors (Lipinski definition) is 3. The molecule has 7 heteroatoms. The van der Waals surface area contributed by atoms with E-state index in [1.54, 1.807) is 0 Å². The predicted octanol–water partition coefficient (Wildman–Crippen LogP) is 3.20. The zero-order valence-corrected chi connectivity index (χ0v) is 13.2. The highest BCUT2D eigenvalue weighted by molar-refractivity contribution is 7.92. The summed E-state index contributed by atoms with van der Waals surface area (Å²) in [7, 11) is -3.76. The van der Waals surface area contributed by atoms with Gasteiger partial charge in [-0.05, 0) is 54.8 Å². The second kappa shape index (κ2) is 5.44. The molecule has 2 aromatic rings. The molecular formula is C15H14ClFN2O2S. The van der Waals surface area contributed by atoms with Crippen LogP contribution in [0, 0.1) is 5.82 Å². The van der Waals surface area contributed by atoms with Gasteiger partial charge in [0.05, 0.1) is 21.3 Å². The molecule has 0 amide bonds. The lowest BCUT2D eigenvalue weighted by molar-refractivity contribution is 0.585. The molecule has 1 aliphatic heterocycles. The Bertz CT molecular complexity index is 839.